The van der Waals surface area contributed by atoms with Crippen LogP contribution in [0, 0.1) is 5.82 Å². The van der Waals surface area contributed by atoms with E-state index in [1.807, 2.05) is 7.05 Å². The van der Waals surface area contributed by atoms with E-state index >= 15 is 0 Å². The molecule has 0 radical (unpaired) electrons. The Bertz CT molecular complexity index is 1220. The Morgan fingerprint density at radius 2 is 2.03 bits per heavy atom. The van der Waals surface area contributed by atoms with Crippen LogP contribution in [-0.4, -0.2) is 46.4 Å². The Hall–Kier alpha value is -2.35. The predicted octanol–water partition coefficient (Wildman–Crippen LogP) is 4.27. The van der Waals surface area contributed by atoms with E-state index in [-0.39, 0.29) is 39.3 Å². The van der Waals surface area contributed by atoms with Crippen molar-refractivity contribution in [2.45, 2.75) is 44.2 Å². The van der Waals surface area contributed by atoms with Gasteiger partial charge in [0.15, 0.2) is 0 Å². The summed E-state index contributed by atoms with van der Waals surface area (Å²) < 4.78 is 16.3. The fourth-order valence-electron chi connectivity index (χ4n) is 4.63. The smallest absolute Gasteiger partial charge is 0.272 e. The van der Waals surface area contributed by atoms with Crippen LogP contribution < -0.4 is 10.9 Å². The van der Waals surface area contributed by atoms with E-state index in [0.29, 0.717) is 23.2 Å². The van der Waals surface area contributed by atoms with Crippen molar-refractivity contribution < 1.29 is 9.18 Å². The third-order valence-corrected chi connectivity index (χ3v) is 7.11. The normalized spacial score (nSPS) is 18.8. The van der Waals surface area contributed by atoms with Crippen LogP contribution in [0.3, 0.4) is 0 Å². The second-order valence-electron chi connectivity index (χ2n) is 8.27. The molecule has 1 aliphatic rings. The highest BCUT2D eigenvalue weighted by Gasteiger charge is 2.31. The topological polar surface area (TPSA) is 69.6 Å². The molecule has 6 nitrogen and oxygen atoms in total. The number of carbonyl (C=O) groups is 1. The molecular formula is C23H25Cl2FN4O2. The van der Waals surface area contributed by atoms with Crippen LogP contribution in [-0.2, 0) is 6.42 Å². The molecule has 1 amide bonds. The molecule has 2 aromatic heterocycles. The van der Waals surface area contributed by atoms with Gasteiger partial charge in [-0.1, -0.05) is 42.1 Å². The fourth-order valence-corrected chi connectivity index (χ4v) is 5.07. The summed E-state index contributed by atoms with van der Waals surface area (Å²) in [4.78, 5) is 29.7. The first-order chi connectivity index (χ1) is 15.3. The van der Waals surface area contributed by atoms with Crippen LogP contribution in [0.1, 0.15) is 47.3 Å². The van der Waals surface area contributed by atoms with Gasteiger partial charge in [0.2, 0.25) is 0 Å². The number of amides is 1. The number of hydrogen-bond donors (Lipinski definition) is 2. The summed E-state index contributed by atoms with van der Waals surface area (Å²) in [6.45, 7) is 0. The SMILES string of the molecule is CN[C@@H]1CCCC[C@H]1N(C)C(=O)c1cc(Cc2c[nH]c(=O)c3cc(Cl)c(Cl)n23)ccc1F. The van der Waals surface area contributed by atoms with Gasteiger partial charge in [-0.3, -0.25) is 14.0 Å². The molecule has 3 aromatic rings. The highest BCUT2D eigenvalue weighted by atomic mass is 35.5. The van der Waals surface area contributed by atoms with E-state index < -0.39 is 5.82 Å². The molecule has 0 saturated heterocycles. The lowest BCUT2D eigenvalue weighted by molar-refractivity contribution is 0.0650. The van der Waals surface area contributed by atoms with Crippen molar-refractivity contribution in [1.29, 1.82) is 0 Å². The number of likely N-dealkylation sites (N-methyl/N-ethyl adjacent to an activating group) is 2. The van der Waals surface area contributed by atoms with Crippen molar-refractivity contribution in [3.05, 3.63) is 73.6 Å². The highest BCUT2D eigenvalue weighted by Crippen LogP contribution is 2.28. The summed E-state index contributed by atoms with van der Waals surface area (Å²) in [6.07, 6.45) is 5.92. The molecule has 170 valence electrons. The molecule has 1 fully saturated rings. The van der Waals surface area contributed by atoms with Crippen molar-refractivity contribution in [2.75, 3.05) is 14.1 Å². The van der Waals surface area contributed by atoms with Gasteiger partial charge in [0, 0.05) is 37.4 Å². The van der Waals surface area contributed by atoms with Crippen LogP contribution in [0.25, 0.3) is 5.52 Å². The Morgan fingerprint density at radius 3 is 2.78 bits per heavy atom. The first-order valence-corrected chi connectivity index (χ1v) is 11.4. The largest absolute Gasteiger partial charge is 0.337 e. The molecule has 9 heteroatoms. The van der Waals surface area contributed by atoms with Gasteiger partial charge in [0.25, 0.3) is 11.5 Å². The lowest BCUT2D eigenvalue weighted by Crippen LogP contribution is -2.51. The number of rotatable bonds is 5. The number of benzene rings is 1. The van der Waals surface area contributed by atoms with Crippen LogP contribution in [0.2, 0.25) is 10.2 Å². The third kappa shape index (κ3) is 4.17. The molecule has 1 aromatic carbocycles. The van der Waals surface area contributed by atoms with Gasteiger partial charge in [0.05, 0.1) is 10.6 Å². The van der Waals surface area contributed by atoms with Crippen molar-refractivity contribution in [1.82, 2.24) is 19.6 Å². The molecule has 4 rings (SSSR count). The Balaban J connectivity index is 1.65. The number of fused-ring (bicyclic) bond motifs is 1. The lowest BCUT2D eigenvalue weighted by Gasteiger charge is -2.38. The molecule has 32 heavy (non-hydrogen) atoms. The summed E-state index contributed by atoms with van der Waals surface area (Å²) in [5.41, 5.74) is 1.42. The number of halogens is 3. The highest BCUT2D eigenvalue weighted by molar-refractivity contribution is 6.42. The predicted molar refractivity (Wildman–Crippen MR) is 124 cm³/mol. The minimum Gasteiger partial charge on any atom is -0.337 e. The van der Waals surface area contributed by atoms with Gasteiger partial charge in [-0.25, -0.2) is 4.39 Å². The van der Waals surface area contributed by atoms with E-state index in [9.17, 15) is 14.0 Å². The number of aromatic nitrogens is 2. The van der Waals surface area contributed by atoms with E-state index in [1.54, 1.807) is 34.7 Å². The maximum atomic E-state index is 14.7. The molecule has 2 N–H and O–H groups in total. The van der Waals surface area contributed by atoms with E-state index in [0.717, 1.165) is 25.7 Å². The average Bonchev–Trinajstić information content (AvgIpc) is 3.11. The van der Waals surface area contributed by atoms with E-state index in [2.05, 4.69) is 10.3 Å². The molecule has 1 aliphatic carbocycles. The van der Waals surface area contributed by atoms with Crippen molar-refractivity contribution in [2.24, 2.45) is 0 Å². The Morgan fingerprint density at radius 1 is 1.28 bits per heavy atom. The van der Waals surface area contributed by atoms with Gasteiger partial charge in [-0.2, -0.15) is 0 Å². The Labute approximate surface area is 195 Å². The van der Waals surface area contributed by atoms with Crippen molar-refractivity contribution in [3.63, 3.8) is 0 Å². The number of aromatic amines is 1. The molecule has 1 saturated carbocycles. The molecule has 0 unspecified atom stereocenters. The van der Waals surface area contributed by atoms with E-state index in [4.69, 9.17) is 23.2 Å². The van der Waals surface area contributed by atoms with Gasteiger partial charge >= 0.3 is 0 Å². The second kappa shape index (κ2) is 9.25. The maximum absolute atomic E-state index is 14.7. The van der Waals surface area contributed by atoms with Crippen LogP contribution in [0.15, 0.2) is 35.3 Å². The first-order valence-electron chi connectivity index (χ1n) is 10.6. The van der Waals surface area contributed by atoms with Gasteiger partial charge < -0.3 is 15.2 Å². The number of hydrogen-bond acceptors (Lipinski definition) is 3. The Kier molecular flexibility index (Phi) is 6.60. The van der Waals surface area contributed by atoms with Gasteiger partial charge in [0.1, 0.15) is 16.5 Å². The number of carbonyl (C=O) groups excluding carboxylic acids is 1. The third-order valence-electron chi connectivity index (χ3n) is 6.35. The molecular weight excluding hydrogens is 454 g/mol. The zero-order valence-electron chi connectivity index (χ0n) is 17.9. The number of H-pyrrole nitrogens is 1. The zero-order valence-corrected chi connectivity index (χ0v) is 19.4. The fraction of sp³-hybridized carbons (Fsp3) is 0.391. The van der Waals surface area contributed by atoms with Gasteiger partial charge in [-0.05, 0) is 43.7 Å². The maximum Gasteiger partial charge on any atom is 0.272 e. The zero-order chi connectivity index (χ0) is 23.0. The molecule has 0 bridgehead atoms. The van der Waals surface area contributed by atoms with Crippen LogP contribution in [0.5, 0.6) is 0 Å². The van der Waals surface area contributed by atoms with Crippen LogP contribution >= 0.6 is 23.2 Å². The summed E-state index contributed by atoms with van der Waals surface area (Å²) in [7, 11) is 3.63. The van der Waals surface area contributed by atoms with Crippen molar-refractivity contribution in [3.8, 4) is 0 Å². The molecule has 2 atom stereocenters. The van der Waals surface area contributed by atoms with E-state index in [1.165, 1.54) is 12.1 Å². The lowest BCUT2D eigenvalue weighted by atomic mass is 9.89. The monoisotopic (exact) mass is 478 g/mol. The average molecular weight is 479 g/mol. The minimum atomic E-state index is -0.559. The summed E-state index contributed by atoms with van der Waals surface area (Å²) in [6, 6.07) is 6.21. The summed E-state index contributed by atoms with van der Waals surface area (Å²) in [5, 5.41) is 3.79. The standard InChI is InChI=1S/C23H25Cl2FN4O2/c1-27-18-5-3-4-6-19(18)29(2)23(32)15-10-13(7-8-17(15)26)9-14-12-28-22(31)20-11-16(24)21(25)30(14)20/h7-8,10-12,18-19,27H,3-6,9H2,1-2H3,(H,28,31)/t18-,19-/m1/s1. The minimum absolute atomic E-state index is 0.0175. The molecule has 0 aliphatic heterocycles. The molecule has 2 heterocycles. The van der Waals surface area contributed by atoms with Crippen LogP contribution in [0.4, 0.5) is 4.39 Å². The van der Waals surface area contributed by atoms with Gasteiger partial charge in [-0.15, -0.1) is 0 Å². The number of nitrogens with one attached hydrogen (secondary N) is 2. The molecule has 0 spiro atoms. The summed E-state index contributed by atoms with van der Waals surface area (Å²) >= 11 is 12.4. The van der Waals surface area contributed by atoms with Crippen molar-refractivity contribution >= 4 is 34.6 Å². The first kappa shape index (κ1) is 22.8. The quantitative estimate of drug-likeness (QED) is 0.575. The number of nitrogens with zero attached hydrogens (tertiary/aromatic N) is 2. The summed E-state index contributed by atoms with van der Waals surface area (Å²) in [5.74, 6) is -0.902. The second-order valence-corrected chi connectivity index (χ2v) is 9.03.